The van der Waals surface area contributed by atoms with Crippen LogP contribution >= 0.6 is 0 Å². The molecule has 0 saturated heterocycles. The topological polar surface area (TPSA) is 98.8 Å². The van der Waals surface area contributed by atoms with E-state index in [-0.39, 0.29) is 0 Å². The number of benzene rings is 4. The number of carbonyl (C=O) groups is 2. The SMILES string of the molecule is CCOc1ccc([Te](OC(C)=O)(O[Te](OC(C)=O)(c2ccc(OCC)cc2)c2ccc(OCC)cc2)c2ccc(OCC)cc2)cc1. The summed E-state index contributed by atoms with van der Waals surface area (Å²) in [6.07, 6.45) is 0. The van der Waals surface area contributed by atoms with Crippen molar-refractivity contribution in [1.82, 2.24) is 0 Å². The number of rotatable bonds is 16. The normalized spacial score (nSPS) is 12.0. The summed E-state index contributed by atoms with van der Waals surface area (Å²) in [7, 11) is 0. The Morgan fingerprint density at radius 1 is 0.426 bits per heavy atom. The minimum absolute atomic E-state index is 0.492. The summed E-state index contributed by atoms with van der Waals surface area (Å²) in [6.45, 7) is 12.3. The van der Waals surface area contributed by atoms with Crippen molar-refractivity contribution in [3.63, 3.8) is 0 Å². The molecule has 0 spiro atoms. The number of hydrogen-bond donors (Lipinski definition) is 0. The van der Waals surface area contributed by atoms with Crippen molar-refractivity contribution in [2.45, 2.75) is 41.5 Å². The van der Waals surface area contributed by atoms with Gasteiger partial charge in [0, 0.05) is 0 Å². The Morgan fingerprint density at radius 2 is 0.638 bits per heavy atom. The summed E-state index contributed by atoms with van der Waals surface area (Å²) in [5.41, 5.74) is 0. The molecule has 0 aliphatic rings. The van der Waals surface area contributed by atoms with Crippen molar-refractivity contribution in [3.05, 3.63) is 97.1 Å². The molecule has 4 rings (SSSR count). The van der Waals surface area contributed by atoms with Crippen LogP contribution in [0.25, 0.3) is 0 Å². The average molecular weight is 874 g/mol. The number of carbonyl (C=O) groups excluding carboxylic acids is 2. The molecule has 0 fully saturated rings. The van der Waals surface area contributed by atoms with E-state index in [0.29, 0.717) is 63.9 Å². The molecule has 0 unspecified atom stereocenters. The zero-order valence-electron chi connectivity index (χ0n) is 27.6. The fourth-order valence-corrected chi connectivity index (χ4v) is 28.9. The molecule has 0 atom stereocenters. The van der Waals surface area contributed by atoms with Gasteiger partial charge in [0.2, 0.25) is 0 Å². The monoisotopic (exact) mass is 878 g/mol. The Balaban J connectivity index is 2.06. The van der Waals surface area contributed by atoms with E-state index in [9.17, 15) is 9.59 Å². The molecule has 9 nitrogen and oxygen atoms in total. The van der Waals surface area contributed by atoms with Crippen LogP contribution in [-0.2, 0) is 17.3 Å². The second-order valence-corrected chi connectivity index (χ2v) is 24.9. The molecule has 0 heterocycles. The zero-order valence-corrected chi connectivity index (χ0v) is 32.2. The molecule has 0 aromatic heterocycles. The van der Waals surface area contributed by atoms with Gasteiger partial charge in [-0.1, -0.05) is 0 Å². The van der Waals surface area contributed by atoms with E-state index >= 15 is 0 Å². The summed E-state index contributed by atoms with van der Waals surface area (Å²) in [6, 6.07) is 29.5. The van der Waals surface area contributed by atoms with Crippen molar-refractivity contribution in [3.8, 4) is 23.0 Å². The van der Waals surface area contributed by atoms with Gasteiger partial charge in [0.25, 0.3) is 0 Å². The summed E-state index contributed by atoms with van der Waals surface area (Å²) in [5.74, 6) is 1.60. The number of ether oxygens (including phenoxy) is 4. The molecule has 0 bridgehead atoms. The quantitative estimate of drug-likeness (QED) is 0.153. The molecule has 0 aliphatic carbocycles. The molecule has 0 radical (unpaired) electrons. The Hall–Kier alpha value is -3.44. The van der Waals surface area contributed by atoms with Crippen LogP contribution in [-0.4, -0.2) is 76.4 Å². The second-order valence-electron chi connectivity index (χ2n) is 9.84. The van der Waals surface area contributed by atoms with Crippen LogP contribution in [0.4, 0.5) is 0 Å². The van der Waals surface area contributed by atoms with Gasteiger partial charge in [0.15, 0.2) is 0 Å². The standard InChI is InChI=1S/C36H42O9Te2/c1-7-39-29-11-19-33(20-12-29)46(43-27(5)37,34-21-13-30(14-22-34)40-8-2)45-47(44-28(6)38,35-23-15-31(16-24-35)41-9-3)36-25-17-32(18-26-36)42-10-4/h11-26H,7-10H2,1-6H3. The van der Waals surface area contributed by atoms with Gasteiger partial charge in [-0.2, -0.15) is 0 Å². The van der Waals surface area contributed by atoms with Crippen molar-refractivity contribution in [1.29, 1.82) is 0 Å². The van der Waals surface area contributed by atoms with Gasteiger partial charge in [0.1, 0.15) is 0 Å². The Morgan fingerprint density at radius 3 is 0.809 bits per heavy atom. The third-order valence-corrected chi connectivity index (χ3v) is 27.7. The van der Waals surface area contributed by atoms with Gasteiger partial charge in [-0.05, 0) is 0 Å². The van der Waals surface area contributed by atoms with Gasteiger partial charge in [-0.15, -0.1) is 0 Å². The fourth-order valence-electron chi connectivity index (χ4n) is 4.64. The van der Waals surface area contributed by atoms with Crippen LogP contribution in [0.15, 0.2) is 97.1 Å². The van der Waals surface area contributed by atoms with Crippen LogP contribution < -0.4 is 33.4 Å². The molecule has 0 N–H and O–H groups in total. The van der Waals surface area contributed by atoms with Crippen molar-refractivity contribution < 1.29 is 36.2 Å². The molecule has 47 heavy (non-hydrogen) atoms. The first-order chi connectivity index (χ1) is 22.7. The first-order valence-electron chi connectivity index (χ1n) is 15.4. The molecular weight excluding hydrogens is 832 g/mol. The first kappa shape index (κ1) is 36.4. The Bertz CT molecular complexity index is 1370. The Kier molecular flexibility index (Phi) is 13.2. The van der Waals surface area contributed by atoms with Crippen molar-refractivity contribution in [2.24, 2.45) is 0 Å². The van der Waals surface area contributed by atoms with Crippen LogP contribution in [0, 0.1) is 0 Å². The molecule has 0 amide bonds. The van der Waals surface area contributed by atoms with E-state index < -0.39 is 49.9 Å². The van der Waals surface area contributed by atoms with E-state index in [1.807, 2.05) is 125 Å². The second kappa shape index (κ2) is 17.1. The van der Waals surface area contributed by atoms with Crippen molar-refractivity contribution in [2.75, 3.05) is 26.4 Å². The molecule has 11 heteroatoms. The van der Waals surface area contributed by atoms with E-state index in [1.165, 1.54) is 13.8 Å². The van der Waals surface area contributed by atoms with Crippen LogP contribution in [0.3, 0.4) is 0 Å². The zero-order chi connectivity index (χ0) is 33.9. The number of hydrogen-bond acceptors (Lipinski definition) is 9. The van der Waals surface area contributed by atoms with E-state index in [4.69, 9.17) is 26.6 Å². The van der Waals surface area contributed by atoms with E-state index in [0.717, 1.165) is 0 Å². The van der Waals surface area contributed by atoms with E-state index in [2.05, 4.69) is 0 Å². The fraction of sp³-hybridized carbons (Fsp3) is 0.278. The van der Waals surface area contributed by atoms with Gasteiger partial charge >= 0.3 is 289 Å². The minimum atomic E-state index is -4.85. The summed E-state index contributed by atoms with van der Waals surface area (Å²) in [5, 5.41) is 0. The summed E-state index contributed by atoms with van der Waals surface area (Å²) < 4.78 is 46.1. The molecule has 0 aliphatic heterocycles. The molecule has 0 saturated carbocycles. The van der Waals surface area contributed by atoms with Gasteiger partial charge in [-0.25, -0.2) is 0 Å². The van der Waals surface area contributed by atoms with Gasteiger partial charge in [0.05, 0.1) is 0 Å². The average Bonchev–Trinajstić information content (AvgIpc) is 3.06. The molecule has 252 valence electrons. The van der Waals surface area contributed by atoms with Gasteiger partial charge < -0.3 is 0 Å². The Labute approximate surface area is 286 Å². The maximum absolute atomic E-state index is 13.1. The predicted molar refractivity (Wildman–Crippen MR) is 185 cm³/mol. The third-order valence-electron chi connectivity index (χ3n) is 6.44. The predicted octanol–water partition coefficient (Wildman–Crippen LogP) is 4.24. The van der Waals surface area contributed by atoms with Gasteiger partial charge in [-0.3, -0.25) is 0 Å². The molecular formula is C36H42O9Te2. The summed E-state index contributed by atoms with van der Waals surface area (Å²) >= 11 is -9.69. The molecule has 4 aromatic carbocycles. The van der Waals surface area contributed by atoms with E-state index in [1.54, 1.807) is 0 Å². The maximum atomic E-state index is 13.1. The molecule has 4 aromatic rings. The summed E-state index contributed by atoms with van der Waals surface area (Å²) in [4.78, 5) is 26.3. The van der Waals surface area contributed by atoms with Crippen molar-refractivity contribution >= 4 is 64.4 Å². The van der Waals surface area contributed by atoms with Crippen LogP contribution in [0.2, 0.25) is 0 Å². The van der Waals surface area contributed by atoms with Crippen LogP contribution in [0.5, 0.6) is 23.0 Å². The van der Waals surface area contributed by atoms with Crippen LogP contribution in [0.1, 0.15) is 41.5 Å². The first-order valence-corrected chi connectivity index (χ1v) is 23.9. The third kappa shape index (κ3) is 8.93.